The Balaban J connectivity index is 1.48. The zero-order chi connectivity index (χ0) is 16.7. The van der Waals surface area contributed by atoms with Gasteiger partial charge in [-0.1, -0.05) is 24.2 Å². The molecule has 2 aromatic rings. The molecule has 1 saturated heterocycles. The average molecular weight is 329 g/mol. The van der Waals surface area contributed by atoms with E-state index >= 15 is 0 Å². The number of carbonyl (C=O) groups is 1. The predicted octanol–water partition coefficient (Wildman–Crippen LogP) is 3.24. The molecule has 1 aromatic carbocycles. The Labute approximate surface area is 139 Å². The van der Waals surface area contributed by atoms with E-state index in [0.717, 1.165) is 25.8 Å². The summed E-state index contributed by atoms with van der Waals surface area (Å²) in [6.07, 6.45) is 2.87. The van der Waals surface area contributed by atoms with Crippen molar-refractivity contribution in [2.45, 2.75) is 32.1 Å². The van der Waals surface area contributed by atoms with Gasteiger partial charge in [0.2, 0.25) is 17.6 Å². The third-order valence-electron chi connectivity index (χ3n) is 5.03. The maximum absolute atomic E-state index is 13.3. The van der Waals surface area contributed by atoms with Crippen molar-refractivity contribution in [2.24, 2.45) is 11.8 Å². The zero-order valence-corrected chi connectivity index (χ0v) is 13.6. The van der Waals surface area contributed by atoms with Gasteiger partial charge in [0.05, 0.1) is 5.92 Å². The van der Waals surface area contributed by atoms with Crippen molar-refractivity contribution in [2.75, 3.05) is 13.1 Å². The molecule has 126 valence electrons. The summed E-state index contributed by atoms with van der Waals surface area (Å²) < 4.78 is 18.7. The number of amides is 1. The molecular formula is C18H20FN3O2. The van der Waals surface area contributed by atoms with Gasteiger partial charge in [0.15, 0.2) is 0 Å². The Morgan fingerprint density at radius 3 is 3.00 bits per heavy atom. The topological polar surface area (TPSA) is 59.2 Å². The van der Waals surface area contributed by atoms with E-state index in [9.17, 15) is 9.18 Å². The number of likely N-dealkylation sites (tertiary alicyclic amines) is 1. The lowest BCUT2D eigenvalue weighted by atomic mass is 9.97. The summed E-state index contributed by atoms with van der Waals surface area (Å²) in [7, 11) is 0. The summed E-state index contributed by atoms with van der Waals surface area (Å²) in [4.78, 5) is 18.8. The lowest BCUT2D eigenvalue weighted by molar-refractivity contribution is -0.134. The molecule has 0 N–H and O–H groups in total. The first kappa shape index (κ1) is 15.3. The maximum Gasteiger partial charge on any atom is 0.231 e. The van der Waals surface area contributed by atoms with Gasteiger partial charge in [0.1, 0.15) is 5.82 Å². The molecular weight excluding hydrogens is 309 g/mol. The van der Waals surface area contributed by atoms with Crippen LogP contribution in [-0.2, 0) is 4.79 Å². The molecule has 0 unspecified atom stereocenters. The first-order valence-corrected chi connectivity index (χ1v) is 8.50. The highest BCUT2D eigenvalue weighted by Gasteiger charge is 2.42. The monoisotopic (exact) mass is 329 g/mol. The number of nitrogens with zero attached hydrogens (tertiary/aromatic N) is 3. The summed E-state index contributed by atoms with van der Waals surface area (Å²) in [5.41, 5.74) is 0.598. The van der Waals surface area contributed by atoms with E-state index < -0.39 is 0 Å². The molecule has 24 heavy (non-hydrogen) atoms. The fraction of sp³-hybridized carbons (Fsp3) is 0.500. The van der Waals surface area contributed by atoms with E-state index in [-0.39, 0.29) is 23.6 Å². The molecule has 0 radical (unpaired) electrons. The fourth-order valence-corrected chi connectivity index (χ4v) is 3.43. The van der Waals surface area contributed by atoms with Crippen LogP contribution in [-0.4, -0.2) is 34.0 Å². The quantitative estimate of drug-likeness (QED) is 0.867. The van der Waals surface area contributed by atoms with Gasteiger partial charge in [-0.15, -0.1) is 0 Å². The second-order valence-corrected chi connectivity index (χ2v) is 6.91. The Bertz CT molecular complexity index is 760. The van der Waals surface area contributed by atoms with Gasteiger partial charge >= 0.3 is 0 Å². The molecule has 0 spiro atoms. The molecule has 1 saturated carbocycles. The van der Waals surface area contributed by atoms with Gasteiger partial charge in [-0.25, -0.2) is 4.39 Å². The molecule has 5 nitrogen and oxygen atoms in total. The van der Waals surface area contributed by atoms with Crippen molar-refractivity contribution < 1.29 is 13.7 Å². The van der Waals surface area contributed by atoms with Crippen LogP contribution in [0.25, 0.3) is 11.4 Å². The normalized spacial score (nSPS) is 26.4. The van der Waals surface area contributed by atoms with Crippen molar-refractivity contribution in [3.63, 3.8) is 0 Å². The Kier molecular flexibility index (Phi) is 3.82. The van der Waals surface area contributed by atoms with E-state index in [1.165, 1.54) is 12.1 Å². The van der Waals surface area contributed by atoms with Crippen LogP contribution in [0.3, 0.4) is 0 Å². The number of aromatic nitrogens is 2. The second-order valence-electron chi connectivity index (χ2n) is 6.91. The van der Waals surface area contributed by atoms with Crippen molar-refractivity contribution in [1.82, 2.24) is 15.0 Å². The van der Waals surface area contributed by atoms with Gasteiger partial charge in [-0.05, 0) is 37.3 Å². The van der Waals surface area contributed by atoms with Crippen LogP contribution in [0.4, 0.5) is 4.39 Å². The number of halogens is 1. The van der Waals surface area contributed by atoms with E-state index in [1.54, 1.807) is 12.1 Å². The smallest absolute Gasteiger partial charge is 0.231 e. The number of rotatable bonds is 3. The maximum atomic E-state index is 13.3. The first-order valence-electron chi connectivity index (χ1n) is 8.50. The first-order chi connectivity index (χ1) is 11.6. The van der Waals surface area contributed by atoms with E-state index in [1.807, 2.05) is 4.90 Å². The van der Waals surface area contributed by atoms with Crippen molar-refractivity contribution in [3.05, 3.63) is 36.0 Å². The molecule has 0 bridgehead atoms. The highest BCUT2D eigenvalue weighted by molar-refractivity contribution is 5.81. The zero-order valence-electron chi connectivity index (χ0n) is 13.6. The summed E-state index contributed by atoms with van der Waals surface area (Å²) in [6, 6.07) is 6.15. The summed E-state index contributed by atoms with van der Waals surface area (Å²) in [5, 5.41) is 3.98. The minimum absolute atomic E-state index is 0.0616. The molecule has 3 atom stereocenters. The number of piperidine rings is 1. The molecule has 1 amide bonds. The van der Waals surface area contributed by atoms with Crippen LogP contribution in [0.15, 0.2) is 28.8 Å². The lowest BCUT2D eigenvalue weighted by Gasteiger charge is -2.31. The predicted molar refractivity (Wildman–Crippen MR) is 85.5 cm³/mol. The largest absolute Gasteiger partial charge is 0.342 e. The van der Waals surface area contributed by atoms with Crippen molar-refractivity contribution >= 4 is 5.91 Å². The molecule has 1 aliphatic heterocycles. The van der Waals surface area contributed by atoms with Gasteiger partial charge in [-0.3, -0.25) is 4.79 Å². The van der Waals surface area contributed by atoms with Crippen LogP contribution < -0.4 is 0 Å². The molecule has 1 aromatic heterocycles. The van der Waals surface area contributed by atoms with Gasteiger partial charge < -0.3 is 9.42 Å². The summed E-state index contributed by atoms with van der Waals surface area (Å²) in [6.45, 7) is 3.56. The standard InChI is InChI=1S/C18H20FN3O2/c1-11-8-15(11)18(23)22-7-3-5-13(10-22)17-20-16(21-24-17)12-4-2-6-14(19)9-12/h2,4,6,9,11,13,15H,3,5,7-8,10H2,1H3/t11-,13+,15+/m1/s1. The van der Waals surface area contributed by atoms with E-state index in [2.05, 4.69) is 17.1 Å². The number of benzene rings is 1. The molecule has 2 aliphatic rings. The molecule has 2 heterocycles. The fourth-order valence-electron chi connectivity index (χ4n) is 3.43. The number of hydrogen-bond acceptors (Lipinski definition) is 4. The molecule has 2 fully saturated rings. The van der Waals surface area contributed by atoms with Crippen LogP contribution in [0.5, 0.6) is 0 Å². The molecule has 4 rings (SSSR count). The van der Waals surface area contributed by atoms with Gasteiger partial charge in [-0.2, -0.15) is 4.98 Å². The molecule has 6 heteroatoms. The van der Waals surface area contributed by atoms with Crippen molar-refractivity contribution in [1.29, 1.82) is 0 Å². The Morgan fingerprint density at radius 1 is 1.42 bits per heavy atom. The minimum Gasteiger partial charge on any atom is -0.342 e. The lowest BCUT2D eigenvalue weighted by Crippen LogP contribution is -2.40. The third-order valence-corrected chi connectivity index (χ3v) is 5.03. The Hall–Kier alpha value is -2.24. The van der Waals surface area contributed by atoms with E-state index in [0.29, 0.717) is 29.7 Å². The Morgan fingerprint density at radius 2 is 2.25 bits per heavy atom. The highest BCUT2D eigenvalue weighted by Crippen LogP contribution is 2.40. The van der Waals surface area contributed by atoms with E-state index in [4.69, 9.17) is 4.52 Å². The molecule has 1 aliphatic carbocycles. The highest BCUT2D eigenvalue weighted by atomic mass is 19.1. The second kappa shape index (κ2) is 6.00. The van der Waals surface area contributed by atoms with Crippen LogP contribution >= 0.6 is 0 Å². The van der Waals surface area contributed by atoms with Gasteiger partial charge in [0.25, 0.3) is 0 Å². The number of carbonyl (C=O) groups excluding carboxylic acids is 1. The average Bonchev–Trinajstić information content (AvgIpc) is 3.12. The third kappa shape index (κ3) is 2.92. The summed E-state index contributed by atoms with van der Waals surface area (Å²) >= 11 is 0. The van der Waals surface area contributed by atoms with Crippen LogP contribution in [0.1, 0.15) is 38.0 Å². The van der Waals surface area contributed by atoms with Crippen LogP contribution in [0, 0.1) is 17.7 Å². The van der Waals surface area contributed by atoms with Gasteiger partial charge in [0, 0.05) is 24.6 Å². The van der Waals surface area contributed by atoms with Crippen molar-refractivity contribution in [3.8, 4) is 11.4 Å². The van der Waals surface area contributed by atoms with Crippen LogP contribution in [0.2, 0.25) is 0 Å². The minimum atomic E-state index is -0.327. The SMILES string of the molecule is C[C@@H]1C[C@@H]1C(=O)N1CCC[C@H](c2nc(-c3cccc(F)c3)no2)C1. The number of hydrogen-bond donors (Lipinski definition) is 0. The summed E-state index contributed by atoms with van der Waals surface area (Å²) in [5.74, 6) is 1.64.